The number of carbonyl (C=O) groups excluding carboxylic acids is 2. The summed E-state index contributed by atoms with van der Waals surface area (Å²) in [5.74, 6) is -0.571. The first-order valence-electron chi connectivity index (χ1n) is 12.8. The Balaban J connectivity index is 1.31. The highest BCUT2D eigenvalue weighted by molar-refractivity contribution is 6.04. The van der Waals surface area contributed by atoms with Gasteiger partial charge in [-0.05, 0) is 55.2 Å². The van der Waals surface area contributed by atoms with Crippen LogP contribution in [0.2, 0.25) is 0 Å². The molecule has 2 fully saturated rings. The normalized spacial score (nSPS) is 21.9. The van der Waals surface area contributed by atoms with Crippen LogP contribution in [0.15, 0.2) is 42.5 Å². The van der Waals surface area contributed by atoms with Gasteiger partial charge in [0.15, 0.2) is 0 Å². The third-order valence-electron chi connectivity index (χ3n) is 7.64. The van der Waals surface area contributed by atoms with Crippen LogP contribution in [0.5, 0.6) is 0 Å². The van der Waals surface area contributed by atoms with Crippen LogP contribution in [-0.4, -0.2) is 63.8 Å². The quantitative estimate of drug-likeness (QED) is 0.316. The van der Waals surface area contributed by atoms with Gasteiger partial charge in [-0.2, -0.15) is 0 Å². The van der Waals surface area contributed by atoms with Gasteiger partial charge < -0.3 is 19.3 Å². The minimum atomic E-state index is -0.360. The molecular formula is C28H31N4O5+. The average Bonchev–Trinajstić information content (AvgIpc) is 3.22. The fourth-order valence-electron chi connectivity index (χ4n) is 5.67. The highest BCUT2D eigenvalue weighted by Gasteiger charge is 2.44. The Labute approximate surface area is 214 Å². The highest BCUT2D eigenvalue weighted by Crippen LogP contribution is 2.41. The van der Waals surface area contributed by atoms with Crippen molar-refractivity contribution in [2.45, 2.75) is 51.5 Å². The van der Waals surface area contributed by atoms with E-state index in [1.54, 1.807) is 11.9 Å². The maximum absolute atomic E-state index is 13.1. The van der Waals surface area contributed by atoms with Crippen LogP contribution in [0.1, 0.15) is 53.1 Å². The number of rotatable bonds is 5. The SMILES string of the molecule is Cc1ccc2c(c1)c1c(n2Cc2ccc(/C(O)=[NH+]/O[C@H]3CCCCO3)cc2)CN2CC1C(=O)N(C)C2=O. The van der Waals surface area contributed by atoms with E-state index in [1.165, 1.54) is 4.90 Å². The van der Waals surface area contributed by atoms with E-state index in [4.69, 9.17) is 9.57 Å². The van der Waals surface area contributed by atoms with E-state index in [-0.39, 0.29) is 30.0 Å². The van der Waals surface area contributed by atoms with Crippen molar-refractivity contribution < 1.29 is 29.4 Å². The number of aliphatic hydroxyl groups is 1. The molecule has 6 rings (SSSR count). The molecular weight excluding hydrogens is 472 g/mol. The number of nitrogens with one attached hydrogen (secondary N) is 1. The van der Waals surface area contributed by atoms with Gasteiger partial charge in [-0.1, -0.05) is 23.8 Å². The second kappa shape index (κ2) is 9.23. The molecule has 9 nitrogen and oxygen atoms in total. The number of aromatic nitrogens is 1. The second-order valence-corrected chi connectivity index (χ2v) is 10.1. The van der Waals surface area contributed by atoms with Crippen molar-refractivity contribution >= 4 is 28.7 Å². The molecule has 4 heterocycles. The molecule has 192 valence electrons. The molecule has 2 bridgehead atoms. The van der Waals surface area contributed by atoms with Crippen molar-refractivity contribution in [3.8, 4) is 0 Å². The number of ether oxygens (including phenoxy) is 1. The molecule has 2 aromatic carbocycles. The number of imide groups is 1. The van der Waals surface area contributed by atoms with Crippen LogP contribution in [-0.2, 0) is 27.5 Å². The molecule has 1 unspecified atom stereocenters. The summed E-state index contributed by atoms with van der Waals surface area (Å²) in [6, 6.07) is 13.7. The van der Waals surface area contributed by atoms with Crippen molar-refractivity contribution in [3.05, 3.63) is 70.4 Å². The predicted octanol–water partition coefficient (Wildman–Crippen LogP) is 2.33. The summed E-state index contributed by atoms with van der Waals surface area (Å²) in [5, 5.41) is 14.1. The van der Waals surface area contributed by atoms with Crippen LogP contribution < -0.4 is 5.16 Å². The van der Waals surface area contributed by atoms with E-state index in [0.29, 0.717) is 31.8 Å². The molecule has 3 aromatic rings. The van der Waals surface area contributed by atoms with E-state index in [1.807, 2.05) is 24.3 Å². The van der Waals surface area contributed by atoms with Gasteiger partial charge in [-0.15, -0.1) is 0 Å². The number of nitrogens with zero attached hydrogens (tertiary/aromatic N) is 3. The smallest absolute Gasteiger partial charge is 0.413 e. The Kier molecular flexibility index (Phi) is 5.87. The molecule has 0 aliphatic carbocycles. The zero-order chi connectivity index (χ0) is 25.7. The van der Waals surface area contributed by atoms with Crippen molar-refractivity contribution in [2.24, 2.45) is 0 Å². The Hall–Kier alpha value is -3.85. The number of hydrogen-bond donors (Lipinski definition) is 2. The topological polar surface area (TPSA) is 98.2 Å². The molecule has 0 spiro atoms. The van der Waals surface area contributed by atoms with Gasteiger partial charge in [-0.25, -0.2) is 9.63 Å². The molecule has 0 saturated carbocycles. The molecule has 3 aliphatic heterocycles. The highest BCUT2D eigenvalue weighted by atomic mass is 16.8. The predicted molar refractivity (Wildman–Crippen MR) is 136 cm³/mol. The van der Waals surface area contributed by atoms with Gasteiger partial charge in [-0.3, -0.25) is 9.69 Å². The largest absolute Gasteiger partial charge is 0.457 e. The first-order valence-corrected chi connectivity index (χ1v) is 12.8. The van der Waals surface area contributed by atoms with Gasteiger partial charge >= 0.3 is 11.9 Å². The fourth-order valence-corrected chi connectivity index (χ4v) is 5.67. The summed E-state index contributed by atoms with van der Waals surface area (Å²) in [5.41, 5.74) is 5.86. The lowest BCUT2D eigenvalue weighted by atomic mass is 9.89. The first-order chi connectivity index (χ1) is 17.9. The summed E-state index contributed by atoms with van der Waals surface area (Å²) in [6.07, 6.45) is 2.50. The van der Waals surface area contributed by atoms with Gasteiger partial charge in [0.05, 0.1) is 24.6 Å². The Morgan fingerprint density at radius 3 is 2.73 bits per heavy atom. The van der Waals surface area contributed by atoms with Crippen molar-refractivity contribution in [1.29, 1.82) is 0 Å². The van der Waals surface area contributed by atoms with Gasteiger partial charge in [0.1, 0.15) is 0 Å². The lowest BCUT2D eigenvalue weighted by Crippen LogP contribution is -2.74. The monoisotopic (exact) mass is 503 g/mol. The maximum atomic E-state index is 13.1. The Bertz CT molecular complexity index is 1400. The zero-order valence-corrected chi connectivity index (χ0v) is 21.1. The summed E-state index contributed by atoms with van der Waals surface area (Å²) in [4.78, 5) is 34.3. The van der Waals surface area contributed by atoms with Crippen LogP contribution >= 0.6 is 0 Å². The number of fused-ring (bicyclic) bond motifs is 6. The third kappa shape index (κ3) is 4.13. The summed E-state index contributed by atoms with van der Waals surface area (Å²) < 4.78 is 7.73. The second-order valence-electron chi connectivity index (χ2n) is 10.1. The molecule has 0 radical (unpaired) electrons. The minimum Gasteiger partial charge on any atom is -0.457 e. The molecule has 3 amide bonds. The van der Waals surface area contributed by atoms with Crippen LogP contribution in [0.3, 0.4) is 0 Å². The number of aryl methyl sites for hydroxylation is 1. The molecule has 2 atom stereocenters. The van der Waals surface area contributed by atoms with Crippen LogP contribution in [0.4, 0.5) is 4.79 Å². The summed E-state index contributed by atoms with van der Waals surface area (Å²) in [6.45, 7) is 4.18. The average molecular weight is 504 g/mol. The number of aliphatic hydroxyl groups excluding tert-OH is 1. The van der Waals surface area contributed by atoms with E-state index >= 15 is 0 Å². The standard InChI is InChI=1S/C28H30N4O5/c1-17-6-11-22-20(13-17)25-21-15-31(28(35)30(2)27(21)34)16-23(25)32(22)14-18-7-9-19(10-8-18)26(33)29-37-24-5-3-4-12-36-24/h6-11,13,21,24H,3-5,12,14-16H2,1-2H3,(H,29,33)/p+1/t21?,24-/m0/s1. The lowest BCUT2D eigenvalue weighted by Gasteiger charge is -2.41. The third-order valence-corrected chi connectivity index (χ3v) is 7.64. The molecule has 2 saturated heterocycles. The molecule has 3 aliphatic rings. The molecule has 37 heavy (non-hydrogen) atoms. The van der Waals surface area contributed by atoms with E-state index in [9.17, 15) is 14.7 Å². The molecule has 9 heteroatoms. The fraction of sp³-hybridized carbons (Fsp3) is 0.393. The lowest BCUT2D eigenvalue weighted by molar-refractivity contribution is -0.782. The number of carbonyl (C=O) groups is 2. The van der Waals surface area contributed by atoms with E-state index in [2.05, 4.69) is 34.8 Å². The van der Waals surface area contributed by atoms with Crippen LogP contribution in [0, 0.1) is 6.92 Å². The number of hydrogen-bond acceptors (Lipinski definition) is 4. The van der Waals surface area contributed by atoms with Crippen LogP contribution in [0.25, 0.3) is 10.9 Å². The van der Waals surface area contributed by atoms with Crippen molar-refractivity contribution in [3.63, 3.8) is 0 Å². The molecule has 1 aromatic heterocycles. The minimum absolute atomic E-state index is 0.0678. The summed E-state index contributed by atoms with van der Waals surface area (Å²) in [7, 11) is 1.56. The van der Waals surface area contributed by atoms with Gasteiger partial charge in [0.25, 0.3) is 6.29 Å². The van der Waals surface area contributed by atoms with Gasteiger partial charge in [0.2, 0.25) is 5.91 Å². The summed E-state index contributed by atoms with van der Waals surface area (Å²) >= 11 is 0. The number of likely N-dealkylation sites (N-methyl/N-ethyl adjacent to an activating group) is 1. The number of urea groups is 1. The van der Waals surface area contributed by atoms with Crippen molar-refractivity contribution in [2.75, 3.05) is 20.2 Å². The maximum Gasteiger partial charge on any atom is 0.413 e. The zero-order valence-electron chi connectivity index (χ0n) is 21.1. The van der Waals surface area contributed by atoms with Gasteiger partial charge in [0, 0.05) is 48.3 Å². The Morgan fingerprint density at radius 2 is 1.97 bits per heavy atom. The first kappa shape index (κ1) is 23.5. The van der Waals surface area contributed by atoms with E-state index in [0.717, 1.165) is 52.5 Å². The Morgan fingerprint density at radius 1 is 1.16 bits per heavy atom. The number of benzene rings is 2. The van der Waals surface area contributed by atoms with Crippen molar-refractivity contribution in [1.82, 2.24) is 14.4 Å². The molecule has 2 N–H and O–H groups in total. The van der Waals surface area contributed by atoms with E-state index < -0.39 is 0 Å². The number of amides is 3.